The molecule has 1 unspecified atom stereocenters. The molecule has 0 saturated carbocycles. The van der Waals surface area contributed by atoms with Crippen LogP contribution in [-0.4, -0.2) is 30.3 Å². The number of carboxylic acid groups (broad SMARTS) is 1. The molecule has 0 radical (unpaired) electrons. The zero-order chi connectivity index (χ0) is 21.4. The molecule has 170 valence electrons. The van der Waals surface area contributed by atoms with Gasteiger partial charge >= 0.3 is 5.97 Å². The maximum absolute atomic E-state index is 11.4. The highest BCUT2D eigenvalue weighted by Gasteiger charge is 2.25. The number of nitrogens with one attached hydrogen (secondary N) is 1. The summed E-state index contributed by atoms with van der Waals surface area (Å²) in [4.78, 5) is 11.4. The second kappa shape index (κ2) is 15.3. The summed E-state index contributed by atoms with van der Waals surface area (Å²) < 4.78 is 5.26. The molecular formula is C26H43NO3. The summed E-state index contributed by atoms with van der Waals surface area (Å²) in [5.41, 5.74) is 2.29. The number of rotatable bonds is 19. The Balaban J connectivity index is 1.45. The molecule has 1 aromatic carbocycles. The molecule has 0 aliphatic carbocycles. The molecule has 1 heterocycles. The Kier molecular flexibility index (Phi) is 12.6. The van der Waals surface area contributed by atoms with Crippen LogP contribution in [0.1, 0.15) is 113 Å². The van der Waals surface area contributed by atoms with E-state index in [0.29, 0.717) is 12.0 Å². The van der Waals surface area contributed by atoms with Crippen LogP contribution in [0, 0.1) is 0 Å². The van der Waals surface area contributed by atoms with Crippen molar-refractivity contribution >= 4 is 11.7 Å². The van der Waals surface area contributed by atoms with Gasteiger partial charge in [0, 0.05) is 18.7 Å². The third-order valence-corrected chi connectivity index (χ3v) is 6.05. The summed E-state index contributed by atoms with van der Waals surface area (Å²) >= 11 is 0. The standard InChI is InChI=1S/C26H43NO3/c1-2-3-4-5-6-7-8-9-10-11-12-13-14-15-18-27-23-16-17-25(26(28)29)22(19-23)20-24-21-30-24/h16-17,19,24,27H,2-15,18,20-21H2,1H3,(H,28,29). The van der Waals surface area contributed by atoms with E-state index in [1.54, 1.807) is 6.07 Å². The van der Waals surface area contributed by atoms with Gasteiger partial charge in [0.2, 0.25) is 0 Å². The number of carbonyl (C=O) groups is 1. The van der Waals surface area contributed by atoms with Crippen LogP contribution in [-0.2, 0) is 11.2 Å². The van der Waals surface area contributed by atoms with Crippen LogP contribution in [0.2, 0.25) is 0 Å². The molecule has 1 atom stereocenters. The van der Waals surface area contributed by atoms with Crippen LogP contribution in [0.5, 0.6) is 0 Å². The van der Waals surface area contributed by atoms with Crippen molar-refractivity contribution in [3.63, 3.8) is 0 Å². The van der Waals surface area contributed by atoms with Gasteiger partial charge in [-0.15, -0.1) is 0 Å². The van der Waals surface area contributed by atoms with E-state index in [2.05, 4.69) is 12.2 Å². The molecule has 1 aliphatic heterocycles. The van der Waals surface area contributed by atoms with Gasteiger partial charge in [-0.25, -0.2) is 4.79 Å². The lowest BCUT2D eigenvalue weighted by atomic mass is 10.0. The molecule has 1 aliphatic rings. The monoisotopic (exact) mass is 417 g/mol. The lowest BCUT2D eigenvalue weighted by molar-refractivity contribution is 0.0695. The summed E-state index contributed by atoms with van der Waals surface area (Å²) in [6, 6.07) is 5.58. The van der Waals surface area contributed by atoms with E-state index in [9.17, 15) is 9.90 Å². The molecule has 1 saturated heterocycles. The fraction of sp³-hybridized carbons (Fsp3) is 0.731. The summed E-state index contributed by atoms with van der Waals surface area (Å²) in [7, 11) is 0. The van der Waals surface area contributed by atoms with Gasteiger partial charge in [-0.2, -0.15) is 0 Å². The van der Waals surface area contributed by atoms with E-state index >= 15 is 0 Å². The third kappa shape index (κ3) is 11.0. The zero-order valence-corrected chi connectivity index (χ0v) is 19.1. The number of anilines is 1. The number of carboxylic acids is 1. The summed E-state index contributed by atoms with van der Waals surface area (Å²) in [5.74, 6) is -0.857. The molecule has 2 N–H and O–H groups in total. The Hall–Kier alpha value is -1.55. The number of hydrogen-bond donors (Lipinski definition) is 2. The van der Waals surface area contributed by atoms with Gasteiger partial charge in [0.15, 0.2) is 0 Å². The SMILES string of the molecule is CCCCCCCCCCCCCCCCNc1ccc(C(=O)O)c(CC2CO2)c1. The van der Waals surface area contributed by atoms with Gasteiger partial charge in [0.25, 0.3) is 0 Å². The van der Waals surface area contributed by atoms with Crippen molar-refractivity contribution < 1.29 is 14.6 Å². The second-order valence-corrected chi connectivity index (χ2v) is 8.86. The number of unbranched alkanes of at least 4 members (excludes halogenated alkanes) is 13. The molecule has 4 heteroatoms. The number of aromatic carboxylic acids is 1. The maximum Gasteiger partial charge on any atom is 0.335 e. The first-order valence-electron chi connectivity index (χ1n) is 12.4. The maximum atomic E-state index is 11.4. The predicted octanol–water partition coefficient (Wildman–Crippen LogP) is 7.22. The van der Waals surface area contributed by atoms with E-state index in [1.807, 2.05) is 12.1 Å². The van der Waals surface area contributed by atoms with E-state index < -0.39 is 5.97 Å². The zero-order valence-electron chi connectivity index (χ0n) is 19.1. The predicted molar refractivity (Wildman–Crippen MR) is 126 cm³/mol. The summed E-state index contributed by atoms with van der Waals surface area (Å²) in [6.07, 6.45) is 20.1. The van der Waals surface area contributed by atoms with Crippen molar-refractivity contribution in [2.24, 2.45) is 0 Å². The Bertz CT molecular complexity index is 598. The minimum Gasteiger partial charge on any atom is -0.478 e. The van der Waals surface area contributed by atoms with Crippen molar-refractivity contribution in [2.45, 2.75) is 109 Å². The summed E-state index contributed by atoms with van der Waals surface area (Å²) in [5, 5.41) is 12.8. The highest BCUT2D eigenvalue weighted by Crippen LogP contribution is 2.23. The van der Waals surface area contributed by atoms with Crippen molar-refractivity contribution in [3.8, 4) is 0 Å². The van der Waals surface area contributed by atoms with Crippen molar-refractivity contribution in [2.75, 3.05) is 18.5 Å². The Morgan fingerprint density at radius 2 is 1.47 bits per heavy atom. The van der Waals surface area contributed by atoms with E-state index in [4.69, 9.17) is 4.74 Å². The molecule has 4 nitrogen and oxygen atoms in total. The molecule has 0 amide bonds. The normalized spacial score (nSPS) is 15.3. The van der Waals surface area contributed by atoms with Crippen LogP contribution in [0.4, 0.5) is 5.69 Å². The Labute approximate surface area is 183 Å². The van der Waals surface area contributed by atoms with Crippen LogP contribution in [0.25, 0.3) is 0 Å². The smallest absolute Gasteiger partial charge is 0.335 e. The van der Waals surface area contributed by atoms with Gasteiger partial charge in [-0.3, -0.25) is 0 Å². The highest BCUT2D eigenvalue weighted by molar-refractivity contribution is 5.90. The van der Waals surface area contributed by atoms with Crippen LogP contribution < -0.4 is 5.32 Å². The van der Waals surface area contributed by atoms with Crippen molar-refractivity contribution in [1.29, 1.82) is 0 Å². The average Bonchev–Trinajstić information content (AvgIpc) is 3.55. The number of benzene rings is 1. The largest absolute Gasteiger partial charge is 0.478 e. The molecule has 0 spiro atoms. The molecule has 1 fully saturated rings. The lowest BCUT2D eigenvalue weighted by Crippen LogP contribution is -2.08. The van der Waals surface area contributed by atoms with Crippen LogP contribution in [0.15, 0.2) is 18.2 Å². The minimum atomic E-state index is -0.857. The first-order chi connectivity index (χ1) is 14.7. The third-order valence-electron chi connectivity index (χ3n) is 6.05. The van der Waals surface area contributed by atoms with Gasteiger partial charge in [-0.05, 0) is 30.2 Å². The van der Waals surface area contributed by atoms with E-state index in [0.717, 1.165) is 24.4 Å². The first-order valence-corrected chi connectivity index (χ1v) is 12.4. The Morgan fingerprint density at radius 1 is 0.933 bits per heavy atom. The molecule has 0 aromatic heterocycles. The highest BCUT2D eigenvalue weighted by atomic mass is 16.6. The molecule has 2 rings (SSSR count). The fourth-order valence-electron chi connectivity index (χ4n) is 4.06. The molecule has 30 heavy (non-hydrogen) atoms. The van der Waals surface area contributed by atoms with E-state index in [1.165, 1.54) is 89.9 Å². The fourth-order valence-corrected chi connectivity index (χ4v) is 4.06. The topological polar surface area (TPSA) is 61.9 Å². The van der Waals surface area contributed by atoms with Gasteiger partial charge in [0.05, 0.1) is 18.3 Å². The van der Waals surface area contributed by atoms with Gasteiger partial charge in [0.1, 0.15) is 0 Å². The molecule has 0 bridgehead atoms. The van der Waals surface area contributed by atoms with Crippen LogP contribution >= 0.6 is 0 Å². The number of epoxide rings is 1. The number of hydrogen-bond acceptors (Lipinski definition) is 3. The quantitative estimate of drug-likeness (QED) is 0.184. The summed E-state index contributed by atoms with van der Waals surface area (Å²) in [6.45, 7) is 3.97. The van der Waals surface area contributed by atoms with Crippen LogP contribution in [0.3, 0.4) is 0 Å². The minimum absolute atomic E-state index is 0.198. The van der Waals surface area contributed by atoms with Crippen molar-refractivity contribution in [3.05, 3.63) is 29.3 Å². The number of ether oxygens (including phenoxy) is 1. The Morgan fingerprint density at radius 3 is 1.97 bits per heavy atom. The molecule has 1 aromatic rings. The first kappa shape index (κ1) is 24.7. The van der Waals surface area contributed by atoms with Gasteiger partial charge < -0.3 is 15.2 Å². The second-order valence-electron chi connectivity index (χ2n) is 8.86. The lowest BCUT2D eigenvalue weighted by Gasteiger charge is -2.10. The average molecular weight is 418 g/mol. The van der Waals surface area contributed by atoms with Crippen molar-refractivity contribution in [1.82, 2.24) is 0 Å². The van der Waals surface area contributed by atoms with E-state index in [-0.39, 0.29) is 6.10 Å². The van der Waals surface area contributed by atoms with Gasteiger partial charge in [-0.1, -0.05) is 90.4 Å². The molecular weight excluding hydrogens is 374 g/mol.